The second-order valence-electron chi connectivity index (χ2n) is 10.3. The van der Waals surface area contributed by atoms with Gasteiger partial charge in [-0.3, -0.25) is 4.79 Å². The molecule has 4 aliphatic carbocycles. The number of aliphatic hydroxyl groups excluding tert-OH is 1. The van der Waals surface area contributed by atoms with Crippen molar-refractivity contribution in [1.82, 2.24) is 0 Å². The van der Waals surface area contributed by atoms with Crippen molar-refractivity contribution in [1.29, 1.82) is 0 Å². The van der Waals surface area contributed by atoms with Gasteiger partial charge in [-0.15, -0.1) is 0 Å². The summed E-state index contributed by atoms with van der Waals surface area (Å²) in [6.45, 7) is 9.15. The molecule has 0 aromatic rings. The smallest absolute Gasteiger partial charge is 0.155 e. The van der Waals surface area contributed by atoms with Gasteiger partial charge in [0.25, 0.3) is 0 Å². The first-order chi connectivity index (χ1) is 12.7. The van der Waals surface area contributed by atoms with E-state index in [4.69, 9.17) is 4.74 Å². The fourth-order valence-electron chi connectivity index (χ4n) is 7.78. The van der Waals surface area contributed by atoms with Crippen LogP contribution in [0.4, 0.5) is 0 Å². The quantitative estimate of drug-likeness (QED) is 0.589. The van der Waals surface area contributed by atoms with Gasteiger partial charge in [0.2, 0.25) is 0 Å². The molecule has 1 aliphatic heterocycles. The number of epoxide rings is 1. The Balaban J connectivity index is 1.57. The van der Waals surface area contributed by atoms with Crippen LogP contribution in [0.5, 0.6) is 0 Å². The van der Waals surface area contributed by atoms with E-state index in [2.05, 4.69) is 20.4 Å². The molecule has 1 saturated heterocycles. The minimum atomic E-state index is -0.724. The molecular formula is C23H32O4. The Morgan fingerprint density at radius 2 is 2.11 bits per heavy atom. The van der Waals surface area contributed by atoms with Gasteiger partial charge in [-0.05, 0) is 56.9 Å². The summed E-state index contributed by atoms with van der Waals surface area (Å²) in [6.07, 6.45) is 8.27. The van der Waals surface area contributed by atoms with E-state index in [1.165, 1.54) is 11.1 Å². The monoisotopic (exact) mass is 372 g/mol. The molecule has 0 amide bonds. The lowest BCUT2D eigenvalue weighted by atomic mass is 9.45. The first-order valence-corrected chi connectivity index (χ1v) is 10.6. The summed E-state index contributed by atoms with van der Waals surface area (Å²) in [7, 11) is 0. The van der Waals surface area contributed by atoms with E-state index < -0.39 is 5.60 Å². The topological polar surface area (TPSA) is 70.1 Å². The number of aliphatic hydroxyl groups is 2. The number of rotatable bonds is 3. The van der Waals surface area contributed by atoms with Crippen LogP contribution < -0.4 is 0 Å². The Hall–Kier alpha value is -0.970. The van der Waals surface area contributed by atoms with E-state index in [9.17, 15) is 15.0 Å². The Labute approximate surface area is 161 Å². The number of carbonyl (C=O) groups is 1. The minimum absolute atomic E-state index is 0.0788. The molecule has 0 bridgehead atoms. The lowest BCUT2D eigenvalue weighted by Crippen LogP contribution is -2.60. The second kappa shape index (κ2) is 5.34. The predicted molar refractivity (Wildman–Crippen MR) is 102 cm³/mol. The van der Waals surface area contributed by atoms with Crippen LogP contribution in [0.25, 0.3) is 0 Å². The predicted octanol–water partition coefficient (Wildman–Crippen LogP) is 3.32. The third kappa shape index (κ3) is 1.97. The van der Waals surface area contributed by atoms with Crippen LogP contribution in [0.1, 0.15) is 65.2 Å². The standard InChI is InChI=1S/C23H32O4/c1-14-11-15-12-16(25)5-8-20(15,2)23-18(27-23)13-21(3)17(19(14)23)6-9-22(21,26)7-4-10-24/h12,17-19,24,26H,1,4-11,13H2,2-3H3/t17-,18+,19-,20-,21-,22-,23+/m0/s1. The van der Waals surface area contributed by atoms with Crippen LogP contribution in [-0.2, 0) is 9.53 Å². The van der Waals surface area contributed by atoms with Gasteiger partial charge in [0.05, 0.1) is 11.7 Å². The zero-order chi connectivity index (χ0) is 19.2. The van der Waals surface area contributed by atoms with Gasteiger partial charge in [0.1, 0.15) is 5.60 Å². The van der Waals surface area contributed by atoms with Crippen molar-refractivity contribution in [3.05, 3.63) is 23.8 Å². The van der Waals surface area contributed by atoms with Gasteiger partial charge < -0.3 is 14.9 Å². The third-order valence-electron chi connectivity index (χ3n) is 9.37. The minimum Gasteiger partial charge on any atom is -0.396 e. The summed E-state index contributed by atoms with van der Waals surface area (Å²) in [4.78, 5) is 12.1. The molecule has 0 aromatic carbocycles. The van der Waals surface area contributed by atoms with Crippen LogP contribution in [0.2, 0.25) is 0 Å². The van der Waals surface area contributed by atoms with Crippen LogP contribution in [0.3, 0.4) is 0 Å². The lowest BCUT2D eigenvalue weighted by Gasteiger charge is -2.57. The highest BCUT2D eigenvalue weighted by Crippen LogP contribution is 2.77. The van der Waals surface area contributed by atoms with Crippen molar-refractivity contribution >= 4 is 5.78 Å². The van der Waals surface area contributed by atoms with Crippen molar-refractivity contribution in [2.75, 3.05) is 6.61 Å². The van der Waals surface area contributed by atoms with E-state index in [1.807, 2.05) is 6.08 Å². The third-order valence-corrected chi connectivity index (χ3v) is 9.37. The van der Waals surface area contributed by atoms with Crippen molar-refractivity contribution < 1.29 is 19.7 Å². The lowest BCUT2D eigenvalue weighted by molar-refractivity contribution is -0.118. The van der Waals surface area contributed by atoms with E-state index in [1.54, 1.807) is 0 Å². The molecule has 7 atom stereocenters. The zero-order valence-electron chi connectivity index (χ0n) is 16.6. The fourth-order valence-corrected chi connectivity index (χ4v) is 7.78. The van der Waals surface area contributed by atoms with E-state index >= 15 is 0 Å². The van der Waals surface area contributed by atoms with Crippen molar-refractivity contribution in [2.45, 2.75) is 82.5 Å². The van der Waals surface area contributed by atoms with Crippen molar-refractivity contribution in [3.8, 4) is 0 Å². The molecule has 5 aliphatic rings. The molecule has 4 heteroatoms. The molecule has 27 heavy (non-hydrogen) atoms. The maximum absolute atomic E-state index is 12.1. The van der Waals surface area contributed by atoms with E-state index in [0.29, 0.717) is 25.2 Å². The molecule has 4 nitrogen and oxygen atoms in total. The number of ketones is 1. The summed E-state index contributed by atoms with van der Waals surface area (Å²) < 4.78 is 6.57. The van der Waals surface area contributed by atoms with E-state index in [0.717, 1.165) is 32.1 Å². The van der Waals surface area contributed by atoms with Gasteiger partial charge in [0.15, 0.2) is 5.78 Å². The van der Waals surface area contributed by atoms with Gasteiger partial charge in [-0.2, -0.15) is 0 Å². The molecule has 3 saturated carbocycles. The summed E-state index contributed by atoms with van der Waals surface area (Å²) in [5.74, 6) is 0.866. The first kappa shape index (κ1) is 18.1. The number of fused-ring (bicyclic) bond motifs is 3. The Morgan fingerprint density at radius 3 is 2.85 bits per heavy atom. The Bertz CT molecular complexity index is 755. The summed E-state index contributed by atoms with van der Waals surface area (Å²) >= 11 is 0. The van der Waals surface area contributed by atoms with Crippen LogP contribution >= 0.6 is 0 Å². The molecule has 1 heterocycles. The molecule has 5 rings (SSSR count). The zero-order valence-corrected chi connectivity index (χ0v) is 16.6. The van der Waals surface area contributed by atoms with Gasteiger partial charge in [-0.1, -0.05) is 31.6 Å². The largest absolute Gasteiger partial charge is 0.396 e. The Morgan fingerprint density at radius 1 is 1.33 bits per heavy atom. The van der Waals surface area contributed by atoms with Gasteiger partial charge in [0, 0.05) is 29.8 Å². The van der Waals surface area contributed by atoms with Crippen LogP contribution in [0.15, 0.2) is 23.8 Å². The number of carbonyl (C=O) groups excluding carboxylic acids is 1. The average molecular weight is 373 g/mol. The highest BCUT2D eigenvalue weighted by molar-refractivity contribution is 5.92. The molecule has 4 fully saturated rings. The maximum atomic E-state index is 12.1. The highest BCUT2D eigenvalue weighted by Gasteiger charge is 2.81. The first-order valence-electron chi connectivity index (χ1n) is 10.6. The normalized spacial score (nSPS) is 53.2. The average Bonchev–Trinajstić information content (AvgIpc) is 3.27. The molecule has 0 unspecified atom stereocenters. The van der Waals surface area contributed by atoms with E-state index in [-0.39, 0.29) is 40.8 Å². The number of ether oxygens (including phenoxy) is 1. The molecule has 0 radical (unpaired) electrons. The summed E-state index contributed by atoms with van der Waals surface area (Å²) in [5.41, 5.74) is 1.20. The van der Waals surface area contributed by atoms with Gasteiger partial charge in [-0.25, -0.2) is 0 Å². The number of hydrogen-bond acceptors (Lipinski definition) is 4. The molecule has 1 spiro atoms. The molecular weight excluding hydrogens is 340 g/mol. The highest BCUT2D eigenvalue weighted by atomic mass is 16.6. The number of hydrogen-bond donors (Lipinski definition) is 2. The SMILES string of the molecule is C=C1CC2=CC(=O)CC[C@]2(C)[C@@]23O[C@@H]2C[C@@]2(C)[C@@H](CC[C@@]2(O)CCCO)[C@H]13. The Kier molecular flexibility index (Phi) is 3.58. The molecule has 2 N–H and O–H groups in total. The summed E-state index contributed by atoms with van der Waals surface area (Å²) in [5, 5.41) is 20.9. The molecule has 0 aromatic heterocycles. The van der Waals surface area contributed by atoms with Crippen LogP contribution in [0, 0.1) is 22.7 Å². The second-order valence-corrected chi connectivity index (χ2v) is 10.3. The van der Waals surface area contributed by atoms with Crippen molar-refractivity contribution in [2.24, 2.45) is 22.7 Å². The van der Waals surface area contributed by atoms with Crippen LogP contribution in [-0.4, -0.2) is 39.9 Å². The van der Waals surface area contributed by atoms with Gasteiger partial charge >= 0.3 is 0 Å². The summed E-state index contributed by atoms with van der Waals surface area (Å²) in [6, 6.07) is 0. The fraction of sp³-hybridized carbons (Fsp3) is 0.783. The maximum Gasteiger partial charge on any atom is 0.155 e. The molecule has 148 valence electrons. The van der Waals surface area contributed by atoms with Crippen molar-refractivity contribution in [3.63, 3.8) is 0 Å².